The normalized spacial score (nSPS) is 22.5. The van der Waals surface area contributed by atoms with Crippen LogP contribution in [-0.4, -0.2) is 48.6 Å². The van der Waals surface area contributed by atoms with Gasteiger partial charge in [-0.2, -0.15) is 0 Å². The summed E-state index contributed by atoms with van der Waals surface area (Å²) in [5.41, 5.74) is 2.62. The predicted molar refractivity (Wildman–Crippen MR) is 108 cm³/mol. The number of morpholine rings is 1. The van der Waals surface area contributed by atoms with Crippen LogP contribution in [0.3, 0.4) is 0 Å². The molecule has 0 saturated carbocycles. The number of ether oxygens (including phenoxy) is 1. The number of hydrogen-bond acceptors (Lipinski definition) is 3. The number of para-hydroxylation sites is 1. The molecule has 1 spiro atoms. The number of carbonyl (C=O) groups is 2. The first kappa shape index (κ1) is 18.7. The molecule has 0 bridgehead atoms. The first-order chi connectivity index (χ1) is 13.5. The van der Waals surface area contributed by atoms with E-state index < -0.39 is 5.60 Å². The Labute approximate surface area is 165 Å². The number of carbonyl (C=O) groups excluding carboxylic acids is 2. The van der Waals surface area contributed by atoms with E-state index in [1.165, 1.54) is 5.56 Å². The Kier molecular flexibility index (Phi) is 5.18. The van der Waals surface area contributed by atoms with E-state index in [0.717, 1.165) is 30.6 Å². The van der Waals surface area contributed by atoms with Crippen molar-refractivity contribution in [3.8, 4) is 0 Å². The number of benzene rings is 2. The van der Waals surface area contributed by atoms with Gasteiger partial charge in [-0.15, -0.1) is 0 Å². The Morgan fingerprint density at radius 2 is 1.82 bits per heavy atom. The lowest BCUT2D eigenvalue weighted by Gasteiger charge is -2.47. The molecule has 1 atom stereocenters. The summed E-state index contributed by atoms with van der Waals surface area (Å²) in [6, 6.07) is 17.8. The van der Waals surface area contributed by atoms with Crippen LogP contribution in [0.25, 0.3) is 0 Å². The second-order valence-corrected chi connectivity index (χ2v) is 7.87. The molecule has 2 saturated heterocycles. The maximum Gasteiger partial charge on any atom is 0.253 e. The maximum absolute atomic E-state index is 12.9. The number of piperidine rings is 1. The summed E-state index contributed by atoms with van der Waals surface area (Å²) < 4.78 is 6.03. The molecule has 2 heterocycles. The number of amides is 2. The van der Waals surface area contributed by atoms with Gasteiger partial charge >= 0.3 is 0 Å². The van der Waals surface area contributed by atoms with Crippen molar-refractivity contribution in [2.24, 2.45) is 0 Å². The molecule has 28 heavy (non-hydrogen) atoms. The lowest BCUT2D eigenvalue weighted by Crippen LogP contribution is -2.62. The van der Waals surface area contributed by atoms with E-state index in [1.54, 1.807) is 4.90 Å². The summed E-state index contributed by atoms with van der Waals surface area (Å²) in [7, 11) is 0. The molecule has 2 amide bonds. The minimum absolute atomic E-state index is 0.0278. The number of likely N-dealkylation sites (tertiary alicyclic amines) is 1. The van der Waals surface area contributed by atoms with E-state index in [9.17, 15) is 9.59 Å². The molecular weight excluding hydrogens is 352 g/mol. The van der Waals surface area contributed by atoms with Gasteiger partial charge in [0.1, 0.15) is 12.2 Å². The van der Waals surface area contributed by atoms with Gasteiger partial charge in [-0.05, 0) is 37.5 Å². The van der Waals surface area contributed by atoms with Gasteiger partial charge in [0.2, 0.25) is 5.91 Å². The number of anilines is 1. The zero-order valence-corrected chi connectivity index (χ0v) is 16.3. The fourth-order valence-corrected chi connectivity index (χ4v) is 4.11. The van der Waals surface area contributed by atoms with Crippen LogP contribution in [-0.2, 0) is 20.7 Å². The smallest absolute Gasteiger partial charge is 0.253 e. The highest BCUT2D eigenvalue weighted by Crippen LogP contribution is 2.32. The molecule has 2 aliphatic rings. The van der Waals surface area contributed by atoms with E-state index in [2.05, 4.69) is 0 Å². The number of nitrogens with zero attached hydrogens (tertiary/aromatic N) is 2. The molecule has 4 rings (SSSR count). The second kappa shape index (κ2) is 7.76. The third kappa shape index (κ3) is 3.94. The van der Waals surface area contributed by atoms with Crippen LogP contribution in [0.15, 0.2) is 54.6 Å². The lowest BCUT2D eigenvalue weighted by molar-refractivity contribution is -0.153. The molecule has 0 radical (unpaired) electrons. The fourth-order valence-electron chi connectivity index (χ4n) is 4.11. The van der Waals surface area contributed by atoms with Crippen molar-refractivity contribution in [1.29, 1.82) is 0 Å². The maximum atomic E-state index is 12.9. The minimum atomic E-state index is -0.481. The summed E-state index contributed by atoms with van der Waals surface area (Å²) in [5, 5.41) is 0. The van der Waals surface area contributed by atoms with E-state index in [4.69, 9.17) is 4.74 Å². The van der Waals surface area contributed by atoms with Crippen molar-refractivity contribution in [2.45, 2.75) is 31.8 Å². The van der Waals surface area contributed by atoms with E-state index in [1.807, 2.05) is 66.4 Å². The van der Waals surface area contributed by atoms with Gasteiger partial charge in [-0.3, -0.25) is 9.59 Å². The minimum Gasteiger partial charge on any atom is -0.361 e. The first-order valence-electron chi connectivity index (χ1n) is 9.87. The second-order valence-electron chi connectivity index (χ2n) is 7.87. The van der Waals surface area contributed by atoms with Gasteiger partial charge in [0, 0.05) is 12.2 Å². The molecule has 5 heteroatoms. The van der Waals surface area contributed by atoms with Gasteiger partial charge in [0.15, 0.2) is 0 Å². The van der Waals surface area contributed by atoms with Crippen LogP contribution in [0.1, 0.15) is 24.0 Å². The van der Waals surface area contributed by atoms with E-state index in [-0.39, 0.29) is 18.4 Å². The summed E-state index contributed by atoms with van der Waals surface area (Å²) in [5.74, 6) is 0.0922. The summed E-state index contributed by atoms with van der Waals surface area (Å²) in [6.07, 6.45) is 2.14. The highest BCUT2D eigenvalue weighted by molar-refractivity contribution is 5.95. The molecule has 2 fully saturated rings. The Morgan fingerprint density at radius 1 is 1.07 bits per heavy atom. The highest BCUT2D eigenvalue weighted by Gasteiger charge is 2.44. The average Bonchev–Trinajstić information content (AvgIpc) is 2.72. The molecule has 146 valence electrons. The van der Waals surface area contributed by atoms with Crippen LogP contribution < -0.4 is 4.90 Å². The van der Waals surface area contributed by atoms with E-state index in [0.29, 0.717) is 19.5 Å². The summed E-state index contributed by atoms with van der Waals surface area (Å²) in [4.78, 5) is 29.0. The van der Waals surface area contributed by atoms with Crippen LogP contribution >= 0.6 is 0 Å². The van der Waals surface area contributed by atoms with Gasteiger partial charge in [0.05, 0.1) is 19.5 Å². The molecule has 2 aliphatic heterocycles. The first-order valence-corrected chi connectivity index (χ1v) is 9.87. The number of hydrogen-bond donors (Lipinski definition) is 0. The van der Waals surface area contributed by atoms with Crippen molar-refractivity contribution in [3.05, 3.63) is 65.7 Å². The van der Waals surface area contributed by atoms with Gasteiger partial charge in [-0.25, -0.2) is 0 Å². The molecule has 5 nitrogen and oxygen atoms in total. The van der Waals surface area contributed by atoms with Crippen LogP contribution in [0.4, 0.5) is 5.69 Å². The van der Waals surface area contributed by atoms with Gasteiger partial charge < -0.3 is 14.5 Å². The lowest BCUT2D eigenvalue weighted by atomic mass is 9.90. The van der Waals surface area contributed by atoms with Gasteiger partial charge in [0.25, 0.3) is 5.91 Å². The standard InChI is InChI=1S/C23H26N2O3/c1-18-8-10-19(11-9-18)14-21(26)24-13-5-12-23(16-24)17-25(22(27)15-28-23)20-6-3-2-4-7-20/h2-4,6-11H,5,12-17H2,1H3. The summed E-state index contributed by atoms with van der Waals surface area (Å²) >= 11 is 0. The monoisotopic (exact) mass is 378 g/mol. The molecule has 0 aliphatic carbocycles. The third-order valence-electron chi connectivity index (χ3n) is 5.69. The Morgan fingerprint density at radius 3 is 2.57 bits per heavy atom. The van der Waals surface area contributed by atoms with Crippen LogP contribution in [0.2, 0.25) is 0 Å². The highest BCUT2D eigenvalue weighted by atomic mass is 16.5. The third-order valence-corrected chi connectivity index (χ3v) is 5.69. The Hall–Kier alpha value is -2.66. The largest absolute Gasteiger partial charge is 0.361 e. The molecule has 0 aromatic heterocycles. The Bertz CT molecular complexity index is 850. The van der Waals surface area contributed by atoms with Crippen molar-refractivity contribution >= 4 is 17.5 Å². The fraction of sp³-hybridized carbons (Fsp3) is 0.391. The molecule has 0 N–H and O–H groups in total. The number of aryl methyl sites for hydroxylation is 1. The van der Waals surface area contributed by atoms with E-state index >= 15 is 0 Å². The molecule has 1 unspecified atom stereocenters. The Balaban J connectivity index is 1.47. The van der Waals surface area contributed by atoms with Crippen molar-refractivity contribution in [2.75, 3.05) is 31.1 Å². The zero-order chi connectivity index (χ0) is 19.6. The summed E-state index contributed by atoms with van der Waals surface area (Å²) in [6.45, 7) is 3.88. The quantitative estimate of drug-likeness (QED) is 0.825. The molecule has 2 aromatic carbocycles. The van der Waals surface area contributed by atoms with Crippen molar-refractivity contribution in [1.82, 2.24) is 4.90 Å². The van der Waals surface area contributed by atoms with Gasteiger partial charge in [-0.1, -0.05) is 48.0 Å². The number of rotatable bonds is 3. The molecular formula is C23H26N2O3. The predicted octanol–water partition coefficient (Wildman–Crippen LogP) is 2.96. The SMILES string of the molecule is Cc1ccc(CC(=O)N2CCCC3(C2)CN(c2ccccc2)C(=O)CO3)cc1. The topological polar surface area (TPSA) is 49.9 Å². The zero-order valence-electron chi connectivity index (χ0n) is 16.3. The average molecular weight is 378 g/mol. The van der Waals surface area contributed by atoms with Crippen LogP contribution in [0.5, 0.6) is 0 Å². The van der Waals surface area contributed by atoms with Crippen LogP contribution in [0, 0.1) is 6.92 Å². The van der Waals surface area contributed by atoms with Crippen molar-refractivity contribution in [3.63, 3.8) is 0 Å². The van der Waals surface area contributed by atoms with Crippen molar-refractivity contribution < 1.29 is 14.3 Å². The molecule has 2 aromatic rings.